The largest absolute Gasteiger partial charge is 0.399 e. The van der Waals surface area contributed by atoms with Crippen LogP contribution >= 0.6 is 11.6 Å². The summed E-state index contributed by atoms with van der Waals surface area (Å²) < 4.78 is 40.2. The second-order valence-corrected chi connectivity index (χ2v) is 6.49. The molecule has 0 amide bonds. The molecule has 3 N–H and O–H groups in total. The minimum absolute atomic E-state index is 0.106. The van der Waals surface area contributed by atoms with Gasteiger partial charge in [0.05, 0.1) is 5.02 Å². The second kappa shape index (κ2) is 6.54. The minimum Gasteiger partial charge on any atom is -0.399 e. The summed E-state index contributed by atoms with van der Waals surface area (Å²) in [4.78, 5) is -0.511. The number of sulfonamides is 1. The standard InChI is InChI=1S/C12H18ClFN2O2S/c1-3-8(4-2)7-16-19(17,18)11-6-9(15)5-10(13)12(11)14/h5-6,8,16H,3-4,7,15H2,1-2H3. The molecule has 0 saturated heterocycles. The van der Waals surface area contributed by atoms with Gasteiger partial charge in [-0.3, -0.25) is 0 Å². The van der Waals surface area contributed by atoms with E-state index in [1.165, 1.54) is 6.07 Å². The molecule has 108 valence electrons. The van der Waals surface area contributed by atoms with Crippen molar-refractivity contribution in [2.75, 3.05) is 12.3 Å². The Labute approximate surface area is 118 Å². The van der Waals surface area contributed by atoms with E-state index in [1.807, 2.05) is 13.8 Å². The monoisotopic (exact) mass is 308 g/mol. The lowest BCUT2D eigenvalue weighted by molar-refractivity contribution is 0.477. The average Bonchev–Trinajstić information content (AvgIpc) is 2.34. The summed E-state index contributed by atoms with van der Waals surface area (Å²) in [6.45, 7) is 4.21. The summed E-state index contributed by atoms with van der Waals surface area (Å²) in [6, 6.07) is 2.24. The lowest BCUT2D eigenvalue weighted by atomic mass is 10.0. The fraction of sp³-hybridized carbons (Fsp3) is 0.500. The minimum atomic E-state index is -3.94. The molecule has 0 aliphatic rings. The molecule has 0 atom stereocenters. The number of hydrogen-bond donors (Lipinski definition) is 2. The Hall–Kier alpha value is -0.850. The molecule has 0 aliphatic heterocycles. The van der Waals surface area contributed by atoms with Crippen LogP contribution in [0.2, 0.25) is 5.02 Å². The molecule has 1 aromatic carbocycles. The van der Waals surface area contributed by atoms with Crippen molar-refractivity contribution in [2.24, 2.45) is 5.92 Å². The number of nitrogen functional groups attached to an aromatic ring is 1. The fourth-order valence-electron chi connectivity index (χ4n) is 1.66. The molecule has 19 heavy (non-hydrogen) atoms. The van der Waals surface area contributed by atoms with Gasteiger partial charge >= 0.3 is 0 Å². The lowest BCUT2D eigenvalue weighted by Crippen LogP contribution is -2.29. The zero-order chi connectivity index (χ0) is 14.6. The third-order valence-corrected chi connectivity index (χ3v) is 4.72. The van der Waals surface area contributed by atoms with Crippen molar-refractivity contribution in [3.63, 3.8) is 0 Å². The summed E-state index contributed by atoms with van der Waals surface area (Å²) in [6.07, 6.45) is 1.69. The van der Waals surface area contributed by atoms with Crippen LogP contribution in [0.3, 0.4) is 0 Å². The summed E-state index contributed by atoms with van der Waals surface area (Å²) in [7, 11) is -3.94. The molecule has 0 fully saturated rings. The molecular weight excluding hydrogens is 291 g/mol. The average molecular weight is 309 g/mol. The first-order chi connectivity index (χ1) is 8.81. The van der Waals surface area contributed by atoms with E-state index in [4.69, 9.17) is 17.3 Å². The van der Waals surface area contributed by atoms with Crippen LogP contribution < -0.4 is 10.5 Å². The highest BCUT2D eigenvalue weighted by atomic mass is 35.5. The highest BCUT2D eigenvalue weighted by molar-refractivity contribution is 7.89. The zero-order valence-corrected chi connectivity index (χ0v) is 12.5. The van der Waals surface area contributed by atoms with Crippen LogP contribution in [0.25, 0.3) is 0 Å². The van der Waals surface area contributed by atoms with Gasteiger partial charge in [-0.05, 0) is 18.1 Å². The maximum Gasteiger partial charge on any atom is 0.243 e. The predicted molar refractivity (Wildman–Crippen MR) is 75.1 cm³/mol. The first-order valence-corrected chi connectivity index (χ1v) is 7.92. The van der Waals surface area contributed by atoms with Crippen molar-refractivity contribution in [1.82, 2.24) is 4.72 Å². The fourth-order valence-corrected chi connectivity index (χ4v) is 3.19. The molecule has 0 aromatic heterocycles. The molecule has 1 rings (SSSR count). The first kappa shape index (κ1) is 16.2. The van der Waals surface area contributed by atoms with Crippen LogP contribution in [0.5, 0.6) is 0 Å². The summed E-state index contributed by atoms with van der Waals surface area (Å²) in [5.41, 5.74) is 5.60. The van der Waals surface area contributed by atoms with Gasteiger partial charge in [0, 0.05) is 12.2 Å². The number of anilines is 1. The molecule has 0 spiro atoms. The molecular formula is C12H18ClFN2O2S. The second-order valence-electron chi connectivity index (χ2n) is 4.35. The summed E-state index contributed by atoms with van der Waals surface area (Å²) >= 11 is 5.60. The van der Waals surface area contributed by atoms with E-state index < -0.39 is 20.7 Å². The van der Waals surface area contributed by atoms with E-state index in [0.717, 1.165) is 18.9 Å². The molecule has 0 saturated carbocycles. The van der Waals surface area contributed by atoms with Gasteiger partial charge in [-0.15, -0.1) is 0 Å². The normalized spacial score (nSPS) is 12.1. The molecule has 0 unspecified atom stereocenters. The van der Waals surface area contributed by atoms with Crippen LogP contribution in [-0.4, -0.2) is 15.0 Å². The Balaban J connectivity index is 3.01. The van der Waals surface area contributed by atoms with Gasteiger partial charge in [-0.2, -0.15) is 0 Å². The lowest BCUT2D eigenvalue weighted by Gasteiger charge is -2.14. The van der Waals surface area contributed by atoms with Crippen molar-refractivity contribution in [2.45, 2.75) is 31.6 Å². The van der Waals surface area contributed by atoms with Crippen molar-refractivity contribution in [3.8, 4) is 0 Å². The van der Waals surface area contributed by atoms with Crippen molar-refractivity contribution >= 4 is 27.3 Å². The van der Waals surface area contributed by atoms with Crippen molar-refractivity contribution < 1.29 is 12.8 Å². The number of nitrogens with two attached hydrogens (primary N) is 1. The Bertz CT molecular complexity index is 545. The highest BCUT2D eigenvalue weighted by Gasteiger charge is 2.22. The molecule has 0 heterocycles. The summed E-state index contributed by atoms with van der Waals surface area (Å²) in [5, 5.41) is -0.303. The number of halogens is 2. The van der Waals surface area contributed by atoms with E-state index in [2.05, 4.69) is 4.72 Å². The Morgan fingerprint density at radius 3 is 2.47 bits per heavy atom. The van der Waals surface area contributed by atoms with Gasteiger partial charge in [-0.1, -0.05) is 38.3 Å². The van der Waals surface area contributed by atoms with E-state index in [9.17, 15) is 12.8 Å². The molecule has 0 bridgehead atoms. The van der Waals surface area contributed by atoms with Crippen LogP contribution in [-0.2, 0) is 10.0 Å². The summed E-state index contributed by atoms with van der Waals surface area (Å²) in [5.74, 6) is -0.762. The van der Waals surface area contributed by atoms with Crippen molar-refractivity contribution in [1.29, 1.82) is 0 Å². The third-order valence-electron chi connectivity index (χ3n) is 3.02. The topological polar surface area (TPSA) is 72.2 Å². The van der Waals surface area contributed by atoms with Gasteiger partial charge in [-0.25, -0.2) is 17.5 Å². The maximum atomic E-state index is 13.8. The third kappa shape index (κ3) is 4.06. The first-order valence-electron chi connectivity index (χ1n) is 6.06. The number of rotatable bonds is 6. The molecule has 1 aromatic rings. The smallest absolute Gasteiger partial charge is 0.243 e. The number of hydrogen-bond acceptors (Lipinski definition) is 3. The molecule has 0 radical (unpaired) electrons. The van der Waals surface area contributed by atoms with Crippen LogP contribution in [0, 0.1) is 11.7 Å². The quantitative estimate of drug-likeness (QED) is 0.794. The zero-order valence-electron chi connectivity index (χ0n) is 10.9. The van der Waals surface area contributed by atoms with Gasteiger partial charge < -0.3 is 5.73 Å². The van der Waals surface area contributed by atoms with Crippen LogP contribution in [0.4, 0.5) is 10.1 Å². The maximum absolute atomic E-state index is 13.8. The van der Waals surface area contributed by atoms with Crippen LogP contribution in [0.15, 0.2) is 17.0 Å². The predicted octanol–water partition coefficient (Wildman–Crippen LogP) is 2.78. The van der Waals surface area contributed by atoms with Gasteiger partial charge in [0.1, 0.15) is 4.90 Å². The Morgan fingerprint density at radius 2 is 1.95 bits per heavy atom. The van der Waals surface area contributed by atoms with E-state index in [0.29, 0.717) is 0 Å². The Morgan fingerprint density at radius 1 is 1.37 bits per heavy atom. The molecule has 4 nitrogen and oxygen atoms in total. The highest BCUT2D eigenvalue weighted by Crippen LogP contribution is 2.25. The van der Waals surface area contributed by atoms with Gasteiger partial charge in [0.15, 0.2) is 5.82 Å². The van der Waals surface area contributed by atoms with Gasteiger partial charge in [0.25, 0.3) is 0 Å². The van der Waals surface area contributed by atoms with Crippen LogP contribution in [0.1, 0.15) is 26.7 Å². The number of nitrogens with one attached hydrogen (secondary N) is 1. The Kier molecular flexibility index (Phi) is 5.58. The number of benzene rings is 1. The van der Waals surface area contributed by atoms with E-state index in [1.54, 1.807) is 0 Å². The van der Waals surface area contributed by atoms with Gasteiger partial charge in [0.2, 0.25) is 10.0 Å². The molecule has 7 heteroatoms. The van der Waals surface area contributed by atoms with E-state index in [-0.39, 0.29) is 23.2 Å². The van der Waals surface area contributed by atoms with E-state index >= 15 is 0 Å². The molecule has 0 aliphatic carbocycles. The SMILES string of the molecule is CCC(CC)CNS(=O)(=O)c1cc(N)cc(Cl)c1F. The van der Waals surface area contributed by atoms with Crippen molar-refractivity contribution in [3.05, 3.63) is 23.0 Å².